The zero-order valence-corrected chi connectivity index (χ0v) is 14.6. The minimum absolute atomic E-state index is 0.105. The summed E-state index contributed by atoms with van der Waals surface area (Å²) in [5, 5.41) is 5.56. The summed E-state index contributed by atoms with van der Waals surface area (Å²) in [6, 6.07) is 7.30. The summed E-state index contributed by atoms with van der Waals surface area (Å²) in [7, 11) is 0. The number of carbonyl (C=O) groups is 3. The summed E-state index contributed by atoms with van der Waals surface area (Å²) in [5.74, 6) is -0.430. The smallest absolute Gasteiger partial charge is 0.229 e. The molecule has 6 nitrogen and oxygen atoms in total. The Morgan fingerprint density at radius 1 is 1.00 bits per heavy atom. The lowest BCUT2D eigenvalue weighted by Crippen LogP contribution is -2.38. The molecule has 0 aromatic heterocycles. The van der Waals surface area contributed by atoms with E-state index in [1.807, 2.05) is 4.90 Å². The van der Waals surface area contributed by atoms with E-state index in [0.29, 0.717) is 30.4 Å². The predicted octanol–water partition coefficient (Wildman–Crippen LogP) is 2.76. The molecule has 134 valence electrons. The fourth-order valence-corrected chi connectivity index (χ4v) is 3.74. The van der Waals surface area contributed by atoms with E-state index in [9.17, 15) is 14.4 Å². The number of hydrogen-bond donors (Lipinski definition) is 2. The van der Waals surface area contributed by atoms with E-state index in [1.165, 1.54) is 26.2 Å². The van der Waals surface area contributed by atoms with Gasteiger partial charge in [-0.2, -0.15) is 0 Å². The number of hydrogen-bond acceptors (Lipinski definition) is 3. The molecule has 2 fully saturated rings. The quantitative estimate of drug-likeness (QED) is 0.882. The summed E-state index contributed by atoms with van der Waals surface area (Å²) in [6.45, 7) is 1.98. The molecule has 0 bridgehead atoms. The SMILES string of the molecule is CC(=O)Nc1ccc(NC(=O)[C@H]2CC(=O)N(C3CCCCC3)C2)cc1. The second-order valence-electron chi connectivity index (χ2n) is 6.99. The van der Waals surface area contributed by atoms with Gasteiger partial charge in [-0.25, -0.2) is 0 Å². The molecule has 0 unspecified atom stereocenters. The van der Waals surface area contributed by atoms with Crippen molar-refractivity contribution in [2.75, 3.05) is 17.2 Å². The van der Waals surface area contributed by atoms with Gasteiger partial charge in [-0.15, -0.1) is 0 Å². The standard InChI is InChI=1S/C19H25N3O3/c1-13(23)20-15-7-9-16(10-8-15)21-19(25)14-11-18(24)22(12-14)17-5-3-2-4-6-17/h7-10,14,17H,2-6,11-12H2,1H3,(H,20,23)(H,21,25)/t14-/m0/s1. The molecule has 25 heavy (non-hydrogen) atoms. The molecule has 0 radical (unpaired) electrons. The van der Waals surface area contributed by atoms with Crippen LogP contribution in [0.1, 0.15) is 45.4 Å². The largest absolute Gasteiger partial charge is 0.339 e. The van der Waals surface area contributed by atoms with Gasteiger partial charge in [0.1, 0.15) is 0 Å². The molecule has 1 aliphatic carbocycles. The van der Waals surface area contributed by atoms with E-state index in [1.54, 1.807) is 24.3 Å². The van der Waals surface area contributed by atoms with Crippen LogP contribution in [0.3, 0.4) is 0 Å². The summed E-state index contributed by atoms with van der Waals surface area (Å²) >= 11 is 0. The first-order valence-corrected chi connectivity index (χ1v) is 9.01. The Morgan fingerprint density at radius 2 is 1.60 bits per heavy atom. The van der Waals surface area contributed by atoms with E-state index in [4.69, 9.17) is 0 Å². The molecule has 2 N–H and O–H groups in total. The van der Waals surface area contributed by atoms with Gasteiger partial charge in [0, 0.05) is 37.3 Å². The number of carbonyl (C=O) groups excluding carboxylic acids is 3. The van der Waals surface area contributed by atoms with Crippen LogP contribution < -0.4 is 10.6 Å². The fraction of sp³-hybridized carbons (Fsp3) is 0.526. The minimum Gasteiger partial charge on any atom is -0.339 e. The second-order valence-corrected chi connectivity index (χ2v) is 6.99. The molecule has 3 amide bonds. The van der Waals surface area contributed by atoms with E-state index in [-0.39, 0.29) is 23.6 Å². The Bertz CT molecular complexity index is 650. The summed E-state index contributed by atoms with van der Waals surface area (Å²) in [6.07, 6.45) is 6.01. The van der Waals surface area contributed by atoms with Gasteiger partial charge in [0.05, 0.1) is 5.92 Å². The number of nitrogens with one attached hydrogen (secondary N) is 2. The van der Waals surface area contributed by atoms with Crippen LogP contribution in [0.15, 0.2) is 24.3 Å². The zero-order valence-electron chi connectivity index (χ0n) is 14.6. The number of anilines is 2. The number of nitrogens with zero attached hydrogens (tertiary/aromatic N) is 1. The maximum Gasteiger partial charge on any atom is 0.229 e. The highest BCUT2D eigenvalue weighted by Gasteiger charge is 2.38. The Balaban J connectivity index is 1.56. The van der Waals surface area contributed by atoms with E-state index >= 15 is 0 Å². The molecule has 1 saturated heterocycles. The lowest BCUT2D eigenvalue weighted by molar-refractivity contribution is -0.130. The topological polar surface area (TPSA) is 78.5 Å². The summed E-state index contributed by atoms with van der Waals surface area (Å²) < 4.78 is 0. The van der Waals surface area contributed by atoms with Gasteiger partial charge in [0.2, 0.25) is 17.7 Å². The first-order chi connectivity index (χ1) is 12.0. The lowest BCUT2D eigenvalue weighted by Gasteiger charge is -2.31. The van der Waals surface area contributed by atoms with Crippen LogP contribution in [0.25, 0.3) is 0 Å². The molecule has 2 aliphatic rings. The number of rotatable bonds is 4. The monoisotopic (exact) mass is 343 g/mol. The molecule has 1 aromatic rings. The fourth-order valence-electron chi connectivity index (χ4n) is 3.74. The first-order valence-electron chi connectivity index (χ1n) is 9.01. The molecule has 3 rings (SSSR count). The van der Waals surface area contributed by atoms with Crippen molar-refractivity contribution in [2.24, 2.45) is 5.92 Å². The van der Waals surface area contributed by atoms with Crippen LogP contribution in [0.4, 0.5) is 11.4 Å². The number of benzene rings is 1. The van der Waals surface area contributed by atoms with Gasteiger partial charge in [-0.3, -0.25) is 14.4 Å². The van der Waals surface area contributed by atoms with Crippen molar-refractivity contribution in [1.29, 1.82) is 0 Å². The molecule has 6 heteroatoms. The predicted molar refractivity (Wildman–Crippen MR) is 96.1 cm³/mol. The average molecular weight is 343 g/mol. The highest BCUT2D eigenvalue weighted by molar-refractivity contribution is 5.97. The van der Waals surface area contributed by atoms with Gasteiger partial charge < -0.3 is 15.5 Å². The Hall–Kier alpha value is -2.37. The molecule has 1 aromatic carbocycles. The van der Waals surface area contributed by atoms with Crippen LogP contribution in [-0.2, 0) is 14.4 Å². The lowest BCUT2D eigenvalue weighted by atomic mass is 9.94. The summed E-state index contributed by atoms with van der Waals surface area (Å²) in [4.78, 5) is 37.7. The van der Waals surface area contributed by atoms with Crippen LogP contribution in [-0.4, -0.2) is 35.2 Å². The molecule has 1 heterocycles. The molecule has 0 spiro atoms. The molecule has 1 aliphatic heterocycles. The van der Waals surface area contributed by atoms with Crippen molar-refractivity contribution in [2.45, 2.75) is 51.5 Å². The molecule has 1 atom stereocenters. The first kappa shape index (κ1) is 17.5. The minimum atomic E-state index is -0.288. The average Bonchev–Trinajstić information content (AvgIpc) is 2.99. The molecular weight excluding hydrogens is 318 g/mol. The van der Waals surface area contributed by atoms with Crippen molar-refractivity contribution in [3.63, 3.8) is 0 Å². The normalized spacial score (nSPS) is 21.2. The van der Waals surface area contributed by atoms with Crippen molar-refractivity contribution < 1.29 is 14.4 Å². The molecular formula is C19H25N3O3. The van der Waals surface area contributed by atoms with Crippen LogP contribution in [0.2, 0.25) is 0 Å². The maximum atomic E-state index is 12.5. The van der Waals surface area contributed by atoms with Crippen molar-refractivity contribution in [3.05, 3.63) is 24.3 Å². The van der Waals surface area contributed by atoms with Crippen LogP contribution in [0, 0.1) is 5.92 Å². The zero-order chi connectivity index (χ0) is 17.8. The second kappa shape index (κ2) is 7.68. The Kier molecular flexibility index (Phi) is 5.36. The van der Waals surface area contributed by atoms with E-state index < -0.39 is 0 Å². The van der Waals surface area contributed by atoms with Crippen molar-refractivity contribution in [1.82, 2.24) is 4.90 Å². The van der Waals surface area contributed by atoms with E-state index in [0.717, 1.165) is 12.8 Å². The Morgan fingerprint density at radius 3 is 2.20 bits per heavy atom. The van der Waals surface area contributed by atoms with E-state index in [2.05, 4.69) is 10.6 Å². The highest BCUT2D eigenvalue weighted by atomic mass is 16.2. The van der Waals surface area contributed by atoms with Gasteiger partial charge in [0.15, 0.2) is 0 Å². The maximum absolute atomic E-state index is 12.5. The van der Waals surface area contributed by atoms with Crippen molar-refractivity contribution in [3.8, 4) is 0 Å². The third-order valence-corrected chi connectivity index (χ3v) is 5.02. The number of amides is 3. The third kappa shape index (κ3) is 4.38. The van der Waals surface area contributed by atoms with Gasteiger partial charge in [0.25, 0.3) is 0 Å². The van der Waals surface area contributed by atoms with Gasteiger partial charge in [-0.05, 0) is 37.1 Å². The van der Waals surface area contributed by atoms with Crippen molar-refractivity contribution >= 4 is 29.1 Å². The number of likely N-dealkylation sites (tertiary alicyclic amines) is 1. The van der Waals surface area contributed by atoms with Crippen LogP contribution >= 0.6 is 0 Å². The Labute approximate surface area is 148 Å². The third-order valence-electron chi connectivity index (χ3n) is 5.02. The highest BCUT2D eigenvalue weighted by Crippen LogP contribution is 2.29. The molecule has 1 saturated carbocycles. The van der Waals surface area contributed by atoms with Gasteiger partial charge in [-0.1, -0.05) is 19.3 Å². The van der Waals surface area contributed by atoms with Crippen LogP contribution in [0.5, 0.6) is 0 Å². The summed E-state index contributed by atoms with van der Waals surface area (Å²) in [5.41, 5.74) is 1.35. The van der Waals surface area contributed by atoms with Gasteiger partial charge >= 0.3 is 0 Å².